The molecule has 0 fully saturated rings. The lowest BCUT2D eigenvalue weighted by Gasteiger charge is -2.00. The van der Waals surface area contributed by atoms with Crippen LogP contribution in [0, 0.1) is 0 Å². The van der Waals surface area contributed by atoms with Crippen molar-refractivity contribution in [2.45, 2.75) is 52.4 Å². The average Bonchev–Trinajstić information content (AvgIpc) is 2.05. The van der Waals surface area contributed by atoms with Crippen LogP contribution in [0.5, 0.6) is 0 Å². The normalized spacial score (nSPS) is 8.83. The second-order valence-corrected chi connectivity index (χ2v) is 2.87. The third-order valence-corrected chi connectivity index (χ3v) is 1.78. The van der Waals surface area contributed by atoms with Crippen molar-refractivity contribution in [3.8, 4) is 0 Å². The molecule has 74 valence electrons. The van der Waals surface area contributed by atoms with Crippen LogP contribution in [0.2, 0.25) is 0 Å². The Kier molecular flexibility index (Phi) is 12.7. The van der Waals surface area contributed by atoms with Gasteiger partial charge in [0.25, 0.3) is 0 Å². The number of hydrogen-bond acceptors (Lipinski definition) is 2. The maximum atomic E-state index is 8.57. The van der Waals surface area contributed by atoms with E-state index >= 15 is 0 Å². The molecule has 0 spiro atoms. The van der Waals surface area contributed by atoms with Crippen LogP contribution in [0.25, 0.3) is 0 Å². The van der Waals surface area contributed by atoms with Crippen molar-refractivity contribution in [1.82, 2.24) is 0 Å². The standard InChI is InChI=1S/C9H19NO.H4Si/c1-3-5-7-9(10-11)8-6-4-2;/h11H,3-8H2,1-2H3;1H4. The smallest absolute Gasteiger partial charge is 0.0570 e. The average molecular weight is 189 g/mol. The van der Waals surface area contributed by atoms with Crippen LogP contribution in [0.4, 0.5) is 0 Å². The third kappa shape index (κ3) is 7.79. The molecular formula is C9H23NOSi. The molecule has 0 aliphatic rings. The third-order valence-electron chi connectivity index (χ3n) is 1.78. The molecule has 0 aliphatic heterocycles. The summed E-state index contributed by atoms with van der Waals surface area (Å²) in [4.78, 5) is 0. The Labute approximate surface area is 80.1 Å². The van der Waals surface area contributed by atoms with Gasteiger partial charge in [-0.25, -0.2) is 0 Å². The molecule has 0 heterocycles. The molecule has 1 N–H and O–H groups in total. The largest absolute Gasteiger partial charge is 0.411 e. The lowest BCUT2D eigenvalue weighted by atomic mass is 10.1. The molecule has 0 aliphatic carbocycles. The first-order valence-corrected chi connectivity index (χ1v) is 4.54. The zero-order chi connectivity index (χ0) is 8.53. The van der Waals surface area contributed by atoms with Gasteiger partial charge in [0.1, 0.15) is 0 Å². The van der Waals surface area contributed by atoms with Crippen LogP contribution in [0.15, 0.2) is 5.16 Å². The van der Waals surface area contributed by atoms with E-state index in [4.69, 9.17) is 5.21 Å². The quantitative estimate of drug-likeness (QED) is 0.294. The number of rotatable bonds is 6. The van der Waals surface area contributed by atoms with Crippen LogP contribution in [-0.4, -0.2) is 21.9 Å². The van der Waals surface area contributed by atoms with Crippen molar-refractivity contribution in [3.05, 3.63) is 0 Å². The van der Waals surface area contributed by atoms with Crippen molar-refractivity contribution >= 4 is 16.7 Å². The van der Waals surface area contributed by atoms with Gasteiger partial charge in [-0.1, -0.05) is 31.8 Å². The summed E-state index contributed by atoms with van der Waals surface area (Å²) >= 11 is 0. The van der Waals surface area contributed by atoms with Crippen LogP contribution in [0.3, 0.4) is 0 Å². The summed E-state index contributed by atoms with van der Waals surface area (Å²) in [5.41, 5.74) is 0.966. The summed E-state index contributed by atoms with van der Waals surface area (Å²) in [5.74, 6) is 0. The van der Waals surface area contributed by atoms with Gasteiger partial charge in [0.15, 0.2) is 0 Å². The fourth-order valence-corrected chi connectivity index (χ4v) is 0.987. The van der Waals surface area contributed by atoms with Crippen molar-refractivity contribution in [3.63, 3.8) is 0 Å². The van der Waals surface area contributed by atoms with Gasteiger partial charge < -0.3 is 5.21 Å². The Morgan fingerprint density at radius 2 is 1.50 bits per heavy atom. The van der Waals surface area contributed by atoms with Gasteiger partial charge >= 0.3 is 0 Å². The van der Waals surface area contributed by atoms with E-state index in [9.17, 15) is 0 Å². The van der Waals surface area contributed by atoms with E-state index in [1.165, 1.54) is 12.8 Å². The fourth-order valence-electron chi connectivity index (χ4n) is 0.987. The van der Waals surface area contributed by atoms with Gasteiger partial charge in [0.05, 0.1) is 5.71 Å². The van der Waals surface area contributed by atoms with Gasteiger partial charge in [0.2, 0.25) is 0 Å². The number of oxime groups is 1. The van der Waals surface area contributed by atoms with Gasteiger partial charge in [0, 0.05) is 0 Å². The monoisotopic (exact) mass is 189 g/mol. The Hall–Kier alpha value is -0.313. The molecule has 12 heavy (non-hydrogen) atoms. The highest BCUT2D eigenvalue weighted by Gasteiger charge is 1.97. The van der Waals surface area contributed by atoms with E-state index in [-0.39, 0.29) is 11.0 Å². The Morgan fingerprint density at radius 3 is 1.75 bits per heavy atom. The highest BCUT2D eigenvalue weighted by molar-refractivity contribution is 5.83. The highest BCUT2D eigenvalue weighted by Crippen LogP contribution is 2.04. The maximum Gasteiger partial charge on any atom is 0.0570 e. The summed E-state index contributed by atoms with van der Waals surface area (Å²) in [6.45, 7) is 4.30. The Balaban J connectivity index is 0. The molecule has 0 aromatic carbocycles. The molecular weight excluding hydrogens is 166 g/mol. The van der Waals surface area contributed by atoms with Gasteiger partial charge in [-0.3, -0.25) is 0 Å². The molecule has 0 saturated heterocycles. The summed E-state index contributed by atoms with van der Waals surface area (Å²) in [6.07, 6.45) is 6.56. The lowest BCUT2D eigenvalue weighted by Crippen LogP contribution is -1.97. The second-order valence-electron chi connectivity index (χ2n) is 2.87. The number of unbranched alkanes of at least 4 members (excludes halogenated alkanes) is 2. The Bertz CT molecular complexity index is 105. The molecule has 0 aromatic rings. The Morgan fingerprint density at radius 1 is 1.08 bits per heavy atom. The predicted molar refractivity (Wildman–Crippen MR) is 59.6 cm³/mol. The first kappa shape index (κ1) is 14.2. The number of hydrogen-bond donors (Lipinski definition) is 1. The molecule has 0 atom stereocenters. The van der Waals surface area contributed by atoms with Gasteiger partial charge in [-0.2, -0.15) is 0 Å². The second kappa shape index (κ2) is 10.7. The molecule has 0 rings (SSSR count). The van der Waals surface area contributed by atoms with E-state index in [0.717, 1.165) is 31.4 Å². The highest BCUT2D eigenvalue weighted by atomic mass is 28.1. The SMILES string of the molecule is CCCCC(CCCC)=NO.[SiH4]. The first-order chi connectivity index (χ1) is 5.35. The lowest BCUT2D eigenvalue weighted by molar-refractivity contribution is 0.315. The van der Waals surface area contributed by atoms with Crippen molar-refractivity contribution in [1.29, 1.82) is 0 Å². The molecule has 0 radical (unpaired) electrons. The topological polar surface area (TPSA) is 32.6 Å². The molecule has 0 amide bonds. The minimum absolute atomic E-state index is 0. The van der Waals surface area contributed by atoms with E-state index in [0.29, 0.717) is 0 Å². The minimum atomic E-state index is 0. The zero-order valence-corrected chi connectivity index (χ0v) is 7.64. The van der Waals surface area contributed by atoms with E-state index in [2.05, 4.69) is 19.0 Å². The minimum Gasteiger partial charge on any atom is -0.411 e. The number of nitrogens with zero attached hydrogens (tertiary/aromatic N) is 1. The molecule has 0 saturated carbocycles. The summed E-state index contributed by atoms with van der Waals surface area (Å²) < 4.78 is 0. The van der Waals surface area contributed by atoms with Crippen LogP contribution < -0.4 is 0 Å². The zero-order valence-electron chi connectivity index (χ0n) is 7.64. The van der Waals surface area contributed by atoms with Crippen LogP contribution >= 0.6 is 0 Å². The molecule has 3 heteroatoms. The molecule has 0 bridgehead atoms. The molecule has 0 unspecified atom stereocenters. The first-order valence-electron chi connectivity index (χ1n) is 4.54. The predicted octanol–water partition coefficient (Wildman–Crippen LogP) is 1.75. The van der Waals surface area contributed by atoms with Gasteiger partial charge in [-0.05, 0) is 36.6 Å². The van der Waals surface area contributed by atoms with Crippen LogP contribution in [0.1, 0.15) is 52.4 Å². The maximum absolute atomic E-state index is 8.57. The van der Waals surface area contributed by atoms with Crippen molar-refractivity contribution in [2.75, 3.05) is 0 Å². The van der Waals surface area contributed by atoms with Crippen molar-refractivity contribution in [2.24, 2.45) is 5.16 Å². The van der Waals surface area contributed by atoms with Gasteiger partial charge in [-0.15, -0.1) is 0 Å². The van der Waals surface area contributed by atoms with E-state index in [1.54, 1.807) is 0 Å². The van der Waals surface area contributed by atoms with Crippen LogP contribution in [-0.2, 0) is 0 Å². The fraction of sp³-hybridized carbons (Fsp3) is 0.889. The van der Waals surface area contributed by atoms with Crippen molar-refractivity contribution < 1.29 is 5.21 Å². The summed E-state index contributed by atoms with van der Waals surface area (Å²) in [5, 5.41) is 11.8. The van der Waals surface area contributed by atoms with E-state index in [1.807, 2.05) is 0 Å². The summed E-state index contributed by atoms with van der Waals surface area (Å²) in [7, 11) is 0. The molecule has 2 nitrogen and oxygen atoms in total. The molecule has 0 aromatic heterocycles. The summed E-state index contributed by atoms with van der Waals surface area (Å²) in [6, 6.07) is 0. The van der Waals surface area contributed by atoms with E-state index < -0.39 is 0 Å².